The van der Waals surface area contributed by atoms with E-state index < -0.39 is 11.5 Å². The van der Waals surface area contributed by atoms with Crippen LogP contribution in [0.1, 0.15) is 26.7 Å². The van der Waals surface area contributed by atoms with Crippen molar-refractivity contribution in [1.29, 1.82) is 0 Å². The standard InChI is InChI=1S/C11H20N2O4/c1-11(2,8-9(14)15)12-10(16)13-4-3-6-17-7-5-13/h3-8H2,1-2H3,(H,12,16)(H,14,15). The highest BCUT2D eigenvalue weighted by molar-refractivity contribution is 5.76. The van der Waals surface area contributed by atoms with E-state index in [1.54, 1.807) is 18.7 Å². The minimum atomic E-state index is -0.922. The quantitative estimate of drug-likeness (QED) is 0.765. The lowest BCUT2D eigenvalue weighted by molar-refractivity contribution is -0.138. The molecule has 1 aliphatic rings. The van der Waals surface area contributed by atoms with Gasteiger partial charge < -0.3 is 20.1 Å². The molecule has 0 aliphatic carbocycles. The molecular formula is C11H20N2O4. The Morgan fingerprint density at radius 2 is 2.06 bits per heavy atom. The van der Waals surface area contributed by atoms with Crippen LogP contribution < -0.4 is 5.32 Å². The van der Waals surface area contributed by atoms with Crippen molar-refractivity contribution < 1.29 is 19.4 Å². The first-order chi connectivity index (χ1) is 7.91. The molecule has 0 aromatic heterocycles. The first-order valence-electron chi connectivity index (χ1n) is 5.77. The monoisotopic (exact) mass is 244 g/mol. The van der Waals surface area contributed by atoms with Crippen molar-refractivity contribution >= 4 is 12.0 Å². The number of carbonyl (C=O) groups is 2. The number of amides is 2. The van der Waals surface area contributed by atoms with Crippen molar-refractivity contribution in [2.45, 2.75) is 32.2 Å². The summed E-state index contributed by atoms with van der Waals surface area (Å²) in [6.45, 7) is 5.81. The fraction of sp³-hybridized carbons (Fsp3) is 0.818. The molecule has 2 N–H and O–H groups in total. The van der Waals surface area contributed by atoms with E-state index >= 15 is 0 Å². The van der Waals surface area contributed by atoms with Gasteiger partial charge >= 0.3 is 12.0 Å². The van der Waals surface area contributed by atoms with Crippen LogP contribution in [-0.4, -0.2) is 53.8 Å². The van der Waals surface area contributed by atoms with Crippen molar-refractivity contribution in [3.05, 3.63) is 0 Å². The number of carboxylic acid groups (broad SMARTS) is 1. The third kappa shape index (κ3) is 5.04. The molecule has 0 atom stereocenters. The second-order valence-corrected chi connectivity index (χ2v) is 4.84. The topological polar surface area (TPSA) is 78.9 Å². The summed E-state index contributed by atoms with van der Waals surface area (Å²) in [5.74, 6) is -0.922. The first kappa shape index (κ1) is 13.8. The van der Waals surface area contributed by atoms with Crippen molar-refractivity contribution in [2.24, 2.45) is 0 Å². The van der Waals surface area contributed by atoms with Gasteiger partial charge in [0.05, 0.1) is 13.0 Å². The molecule has 6 heteroatoms. The largest absolute Gasteiger partial charge is 0.481 e. The summed E-state index contributed by atoms with van der Waals surface area (Å²) in [6.07, 6.45) is 0.718. The molecule has 0 aromatic carbocycles. The Labute approximate surface area is 101 Å². The summed E-state index contributed by atoms with van der Waals surface area (Å²) in [7, 11) is 0. The molecule has 17 heavy (non-hydrogen) atoms. The molecule has 0 radical (unpaired) electrons. The van der Waals surface area contributed by atoms with E-state index in [9.17, 15) is 9.59 Å². The summed E-state index contributed by atoms with van der Waals surface area (Å²) in [4.78, 5) is 24.2. The molecule has 1 rings (SSSR count). The molecule has 6 nitrogen and oxygen atoms in total. The highest BCUT2D eigenvalue weighted by Crippen LogP contribution is 2.10. The van der Waals surface area contributed by atoms with Crippen LogP contribution in [0.3, 0.4) is 0 Å². The Balaban J connectivity index is 2.48. The Kier molecular flexibility index (Phi) is 4.74. The van der Waals surface area contributed by atoms with Gasteiger partial charge in [-0.25, -0.2) is 4.79 Å². The fourth-order valence-corrected chi connectivity index (χ4v) is 1.74. The van der Waals surface area contributed by atoms with E-state index in [1.165, 1.54) is 0 Å². The van der Waals surface area contributed by atoms with Crippen LogP contribution in [0.4, 0.5) is 4.79 Å². The number of carboxylic acids is 1. The van der Waals surface area contributed by atoms with Gasteiger partial charge in [-0.05, 0) is 20.3 Å². The Bertz CT molecular complexity index is 283. The van der Waals surface area contributed by atoms with Gasteiger partial charge in [-0.1, -0.05) is 0 Å². The van der Waals surface area contributed by atoms with Crippen LogP contribution in [0, 0.1) is 0 Å². The Hall–Kier alpha value is -1.30. The Morgan fingerprint density at radius 3 is 2.71 bits per heavy atom. The molecule has 0 spiro atoms. The molecule has 1 aliphatic heterocycles. The van der Waals surface area contributed by atoms with E-state index in [0.717, 1.165) is 6.42 Å². The van der Waals surface area contributed by atoms with Gasteiger partial charge in [0, 0.05) is 25.2 Å². The van der Waals surface area contributed by atoms with Crippen molar-refractivity contribution in [3.63, 3.8) is 0 Å². The molecule has 0 saturated carbocycles. The van der Waals surface area contributed by atoms with Crippen LogP contribution in [-0.2, 0) is 9.53 Å². The number of nitrogens with one attached hydrogen (secondary N) is 1. The molecule has 0 bridgehead atoms. The number of rotatable bonds is 3. The summed E-state index contributed by atoms with van der Waals surface area (Å²) in [5.41, 5.74) is -0.740. The summed E-state index contributed by atoms with van der Waals surface area (Å²) >= 11 is 0. The lowest BCUT2D eigenvalue weighted by atomic mass is 10.0. The van der Waals surface area contributed by atoms with E-state index in [0.29, 0.717) is 26.3 Å². The number of ether oxygens (including phenoxy) is 1. The molecule has 0 unspecified atom stereocenters. The zero-order valence-electron chi connectivity index (χ0n) is 10.4. The number of nitrogens with zero attached hydrogens (tertiary/aromatic N) is 1. The van der Waals surface area contributed by atoms with Crippen molar-refractivity contribution in [2.75, 3.05) is 26.3 Å². The Morgan fingerprint density at radius 1 is 1.35 bits per heavy atom. The van der Waals surface area contributed by atoms with Gasteiger partial charge in [0.1, 0.15) is 0 Å². The van der Waals surface area contributed by atoms with Gasteiger partial charge in [-0.15, -0.1) is 0 Å². The van der Waals surface area contributed by atoms with E-state index in [1.807, 2.05) is 0 Å². The maximum absolute atomic E-state index is 11.9. The lowest BCUT2D eigenvalue weighted by Crippen LogP contribution is -2.51. The molecule has 98 valence electrons. The van der Waals surface area contributed by atoms with Gasteiger partial charge in [0.25, 0.3) is 0 Å². The number of aliphatic carboxylic acids is 1. The molecule has 2 amide bonds. The minimum Gasteiger partial charge on any atom is -0.481 e. The zero-order valence-corrected chi connectivity index (χ0v) is 10.4. The van der Waals surface area contributed by atoms with E-state index in [2.05, 4.69) is 5.32 Å². The average Bonchev–Trinajstić information content (AvgIpc) is 2.41. The maximum Gasteiger partial charge on any atom is 0.317 e. The molecule has 0 aromatic rings. The third-order valence-corrected chi connectivity index (χ3v) is 2.55. The maximum atomic E-state index is 11.9. The summed E-state index contributed by atoms with van der Waals surface area (Å²) in [5, 5.41) is 11.5. The number of hydrogen-bond acceptors (Lipinski definition) is 3. The van der Waals surface area contributed by atoms with Crippen molar-refractivity contribution in [3.8, 4) is 0 Å². The lowest BCUT2D eigenvalue weighted by Gasteiger charge is -2.29. The van der Waals surface area contributed by atoms with Gasteiger partial charge in [-0.3, -0.25) is 4.79 Å². The highest BCUT2D eigenvalue weighted by Gasteiger charge is 2.26. The third-order valence-electron chi connectivity index (χ3n) is 2.55. The predicted molar refractivity (Wildman–Crippen MR) is 61.9 cm³/mol. The van der Waals surface area contributed by atoms with Gasteiger partial charge in [-0.2, -0.15) is 0 Å². The predicted octanol–water partition coefficient (Wildman–Crippen LogP) is 0.672. The van der Waals surface area contributed by atoms with E-state index in [4.69, 9.17) is 9.84 Å². The van der Waals surface area contributed by atoms with Crippen LogP contribution in [0.25, 0.3) is 0 Å². The summed E-state index contributed by atoms with van der Waals surface area (Å²) < 4.78 is 5.25. The van der Waals surface area contributed by atoms with E-state index in [-0.39, 0.29) is 12.5 Å². The van der Waals surface area contributed by atoms with Crippen LogP contribution in [0.2, 0.25) is 0 Å². The normalized spacial score (nSPS) is 17.4. The minimum absolute atomic E-state index is 0.0942. The molecule has 1 saturated heterocycles. The number of hydrogen-bond donors (Lipinski definition) is 2. The molecule has 1 heterocycles. The van der Waals surface area contributed by atoms with Crippen LogP contribution in [0.5, 0.6) is 0 Å². The van der Waals surface area contributed by atoms with Gasteiger partial charge in [0.15, 0.2) is 0 Å². The van der Waals surface area contributed by atoms with Crippen LogP contribution >= 0.6 is 0 Å². The zero-order chi connectivity index (χ0) is 12.9. The first-order valence-corrected chi connectivity index (χ1v) is 5.77. The molecular weight excluding hydrogens is 224 g/mol. The second-order valence-electron chi connectivity index (χ2n) is 4.84. The number of urea groups is 1. The second kappa shape index (κ2) is 5.86. The van der Waals surface area contributed by atoms with Crippen LogP contribution in [0.15, 0.2) is 0 Å². The highest BCUT2D eigenvalue weighted by atomic mass is 16.5. The molecule has 1 fully saturated rings. The SMILES string of the molecule is CC(C)(CC(=O)O)NC(=O)N1CCCOCC1. The fourth-order valence-electron chi connectivity index (χ4n) is 1.74. The number of carbonyl (C=O) groups excluding carboxylic acids is 1. The van der Waals surface area contributed by atoms with Gasteiger partial charge in [0.2, 0.25) is 0 Å². The average molecular weight is 244 g/mol. The smallest absolute Gasteiger partial charge is 0.317 e. The van der Waals surface area contributed by atoms with Crippen molar-refractivity contribution in [1.82, 2.24) is 10.2 Å². The summed E-state index contributed by atoms with van der Waals surface area (Å²) in [6, 6.07) is -0.221.